The first-order valence-electron chi connectivity index (χ1n) is 17.8. The normalized spacial score (nSPS) is 12.6. The lowest BCUT2D eigenvalue weighted by atomic mass is 10.0. The zero-order chi connectivity index (χ0) is 32.4. The first kappa shape index (κ1) is 41.4. The van der Waals surface area contributed by atoms with Crippen LogP contribution in [0.3, 0.4) is 0 Å². The van der Waals surface area contributed by atoms with Crippen molar-refractivity contribution in [3.8, 4) is 0 Å². The second-order valence-corrected chi connectivity index (χ2v) is 11.7. The number of esters is 1. The van der Waals surface area contributed by atoms with Gasteiger partial charge < -0.3 is 15.2 Å². The van der Waals surface area contributed by atoms with Crippen LogP contribution in [0.5, 0.6) is 0 Å². The number of amides is 1. The van der Waals surface area contributed by atoms with Crippen molar-refractivity contribution in [1.82, 2.24) is 5.32 Å². The number of hydrogen-bond donors (Lipinski definition) is 2. The molecule has 1 amide bonds. The summed E-state index contributed by atoms with van der Waals surface area (Å²) < 4.78 is 5.84. The van der Waals surface area contributed by atoms with Gasteiger partial charge in [-0.15, -0.1) is 0 Å². The number of carbonyl (C=O) groups is 3. The Bertz CT molecular complexity index is 814. The molecule has 0 aromatic heterocycles. The highest BCUT2D eigenvalue weighted by atomic mass is 16.5. The van der Waals surface area contributed by atoms with Gasteiger partial charge in [0.25, 0.3) is 0 Å². The molecule has 6 heteroatoms. The lowest BCUT2D eigenvalue weighted by Crippen LogP contribution is -2.28. The zero-order valence-electron chi connectivity index (χ0n) is 28.2. The third-order valence-electron chi connectivity index (χ3n) is 7.52. The molecule has 252 valence electrons. The molecule has 0 saturated carbocycles. The van der Waals surface area contributed by atoms with E-state index < -0.39 is 5.97 Å². The molecule has 0 saturated heterocycles. The van der Waals surface area contributed by atoms with Crippen LogP contribution >= 0.6 is 0 Å². The minimum atomic E-state index is -1.03. The number of allylic oxidation sites excluding steroid dienone is 8. The highest BCUT2D eigenvalue weighted by Gasteiger charge is 2.14. The molecule has 0 spiro atoms. The summed E-state index contributed by atoms with van der Waals surface area (Å²) in [6, 6.07) is 0. The molecule has 6 nitrogen and oxygen atoms in total. The van der Waals surface area contributed by atoms with Crippen LogP contribution in [0, 0.1) is 0 Å². The molecule has 1 atom stereocenters. The van der Waals surface area contributed by atoms with Crippen molar-refractivity contribution >= 4 is 17.8 Å². The Hall–Kier alpha value is -2.63. The Morgan fingerprint density at radius 2 is 1.11 bits per heavy atom. The van der Waals surface area contributed by atoms with Crippen LogP contribution in [0.2, 0.25) is 0 Å². The maximum absolute atomic E-state index is 12.5. The second-order valence-electron chi connectivity index (χ2n) is 11.7. The maximum atomic E-state index is 12.5. The smallest absolute Gasteiger partial charge is 0.322 e. The van der Waals surface area contributed by atoms with Crippen molar-refractivity contribution in [2.45, 2.75) is 168 Å². The number of aliphatic carboxylic acids is 1. The van der Waals surface area contributed by atoms with Crippen molar-refractivity contribution in [2.24, 2.45) is 0 Å². The predicted octanol–water partition coefficient (Wildman–Crippen LogP) is 10.3. The monoisotopic (exact) mass is 615 g/mol. The van der Waals surface area contributed by atoms with E-state index in [-0.39, 0.29) is 24.5 Å². The molecule has 0 heterocycles. The Morgan fingerprint density at radius 3 is 1.70 bits per heavy atom. The van der Waals surface area contributed by atoms with E-state index in [1.165, 1.54) is 44.9 Å². The van der Waals surface area contributed by atoms with Crippen molar-refractivity contribution in [3.05, 3.63) is 48.6 Å². The molecular weight excluding hydrogens is 550 g/mol. The van der Waals surface area contributed by atoms with Gasteiger partial charge in [0.05, 0.1) is 0 Å². The molecular formula is C38H65NO5. The van der Waals surface area contributed by atoms with Crippen molar-refractivity contribution in [2.75, 3.05) is 6.54 Å². The zero-order valence-corrected chi connectivity index (χ0v) is 28.2. The largest absolute Gasteiger partial charge is 0.480 e. The fraction of sp³-hybridized carbons (Fsp3) is 0.711. The van der Waals surface area contributed by atoms with Gasteiger partial charge in [-0.25, -0.2) is 0 Å². The fourth-order valence-electron chi connectivity index (χ4n) is 4.92. The number of nitrogens with one attached hydrogen (secondary N) is 1. The minimum absolute atomic E-state index is 0.0356. The van der Waals surface area contributed by atoms with Crippen LogP contribution in [0.15, 0.2) is 48.6 Å². The summed E-state index contributed by atoms with van der Waals surface area (Å²) in [6.45, 7) is 4.00. The Morgan fingerprint density at radius 1 is 0.614 bits per heavy atom. The summed E-state index contributed by atoms with van der Waals surface area (Å²) in [5.74, 6) is -1.33. The second kappa shape index (κ2) is 33.3. The third-order valence-corrected chi connectivity index (χ3v) is 7.52. The average Bonchev–Trinajstić information content (AvgIpc) is 3.00. The summed E-state index contributed by atoms with van der Waals surface area (Å²) in [5.41, 5.74) is 0. The number of carbonyl (C=O) groups excluding carboxylic acids is 2. The van der Waals surface area contributed by atoms with E-state index in [1.54, 1.807) is 0 Å². The summed E-state index contributed by atoms with van der Waals surface area (Å²) in [5, 5.41) is 11.0. The predicted molar refractivity (Wildman–Crippen MR) is 185 cm³/mol. The SMILES string of the molecule is CC/C=C\C/C=C\C/C=C\C/C=C\CCCCCCCCCCC(=O)OC(CCCCC)CCCCCC(=O)NCC(=O)O. The van der Waals surface area contributed by atoms with Gasteiger partial charge in [0, 0.05) is 12.8 Å². The van der Waals surface area contributed by atoms with Crippen molar-refractivity contribution in [1.29, 1.82) is 0 Å². The molecule has 44 heavy (non-hydrogen) atoms. The molecule has 0 aliphatic heterocycles. The molecule has 0 fully saturated rings. The van der Waals surface area contributed by atoms with E-state index in [0.29, 0.717) is 19.3 Å². The van der Waals surface area contributed by atoms with E-state index in [1.807, 2.05) is 0 Å². The number of hydrogen-bond acceptors (Lipinski definition) is 4. The molecule has 0 aromatic rings. The highest BCUT2D eigenvalue weighted by Crippen LogP contribution is 2.17. The summed E-state index contributed by atoms with van der Waals surface area (Å²) >= 11 is 0. The molecule has 0 rings (SSSR count). The highest BCUT2D eigenvalue weighted by molar-refractivity contribution is 5.80. The summed E-state index contributed by atoms with van der Waals surface area (Å²) in [7, 11) is 0. The average molecular weight is 616 g/mol. The van der Waals surface area contributed by atoms with Gasteiger partial charge in [0.15, 0.2) is 0 Å². The van der Waals surface area contributed by atoms with Crippen LogP contribution in [-0.4, -0.2) is 35.6 Å². The molecule has 0 aromatic carbocycles. The van der Waals surface area contributed by atoms with E-state index in [9.17, 15) is 14.4 Å². The van der Waals surface area contributed by atoms with E-state index in [4.69, 9.17) is 9.84 Å². The topological polar surface area (TPSA) is 92.7 Å². The minimum Gasteiger partial charge on any atom is -0.480 e. The molecule has 0 aliphatic carbocycles. The van der Waals surface area contributed by atoms with Gasteiger partial charge >= 0.3 is 11.9 Å². The molecule has 1 unspecified atom stereocenters. The van der Waals surface area contributed by atoms with Crippen LogP contribution in [0.4, 0.5) is 0 Å². The molecule has 2 N–H and O–H groups in total. The van der Waals surface area contributed by atoms with Gasteiger partial charge in [-0.1, -0.05) is 120 Å². The van der Waals surface area contributed by atoms with Gasteiger partial charge in [-0.05, 0) is 77.0 Å². The van der Waals surface area contributed by atoms with Gasteiger partial charge in [0.1, 0.15) is 12.6 Å². The van der Waals surface area contributed by atoms with Crippen molar-refractivity contribution in [3.63, 3.8) is 0 Å². The van der Waals surface area contributed by atoms with E-state index in [0.717, 1.165) is 83.5 Å². The number of rotatable bonds is 31. The summed E-state index contributed by atoms with van der Waals surface area (Å²) in [4.78, 5) is 34.6. The van der Waals surface area contributed by atoms with Crippen LogP contribution in [-0.2, 0) is 19.1 Å². The van der Waals surface area contributed by atoms with Crippen LogP contribution in [0.1, 0.15) is 162 Å². The standard InChI is InChI=1S/C38H65NO5/c1-3-5-7-8-9-10-11-12-13-14-15-16-17-18-19-20-21-22-23-24-29-33-38(43)44-35(30-26-6-4-2)31-27-25-28-32-36(40)39-34-37(41)42/h5,7,9-10,12-13,15-16,35H,3-4,6,8,11,14,17-34H2,1-2H3,(H,39,40)(H,41,42)/b7-5-,10-9-,13-12-,16-15-. The molecule has 0 radical (unpaired) electrons. The van der Waals surface area contributed by atoms with Crippen LogP contribution < -0.4 is 5.32 Å². The van der Waals surface area contributed by atoms with E-state index >= 15 is 0 Å². The molecule has 0 aliphatic rings. The summed E-state index contributed by atoms with van der Waals surface area (Å²) in [6.07, 6.45) is 41.2. The van der Waals surface area contributed by atoms with Crippen molar-refractivity contribution < 1.29 is 24.2 Å². The Kier molecular flexibility index (Phi) is 31.3. The first-order chi connectivity index (χ1) is 21.5. The molecule has 0 bridgehead atoms. The lowest BCUT2D eigenvalue weighted by molar-refractivity contribution is -0.150. The quantitative estimate of drug-likeness (QED) is 0.0460. The Balaban J connectivity index is 3.79. The van der Waals surface area contributed by atoms with E-state index in [2.05, 4.69) is 67.8 Å². The number of ether oxygens (including phenoxy) is 1. The fourth-order valence-corrected chi connectivity index (χ4v) is 4.92. The Labute approximate surface area is 269 Å². The van der Waals surface area contributed by atoms with Crippen LogP contribution in [0.25, 0.3) is 0 Å². The number of carboxylic acid groups (broad SMARTS) is 1. The maximum Gasteiger partial charge on any atom is 0.322 e. The number of carboxylic acids is 1. The third kappa shape index (κ3) is 32.3. The van der Waals surface area contributed by atoms with Gasteiger partial charge in [-0.2, -0.15) is 0 Å². The first-order valence-corrected chi connectivity index (χ1v) is 17.8. The van der Waals surface area contributed by atoms with Gasteiger partial charge in [-0.3, -0.25) is 14.4 Å². The van der Waals surface area contributed by atoms with Gasteiger partial charge in [0.2, 0.25) is 5.91 Å². The lowest BCUT2D eigenvalue weighted by Gasteiger charge is -2.18. The number of unbranched alkanes of at least 4 members (excludes halogenated alkanes) is 12.